The molecule has 0 amide bonds. The van der Waals surface area contributed by atoms with Crippen LogP contribution >= 0.6 is 0 Å². The number of nitrogens with zero attached hydrogens (tertiary/aromatic N) is 6. The number of hydrogen-bond acceptors (Lipinski definition) is 6. The van der Waals surface area contributed by atoms with Gasteiger partial charge >= 0.3 is 0 Å². The highest BCUT2D eigenvalue weighted by Gasteiger charge is 2.55. The molecule has 10 nitrogen and oxygen atoms in total. The molecule has 5 atom stereocenters. The first kappa shape index (κ1) is 13.9. The number of aliphatic hydroxyl groups excluding tert-OH is 1. The average molecular weight is 270 g/mol. The molecule has 0 aliphatic carbocycles. The van der Waals surface area contributed by atoms with E-state index in [1.165, 1.54) is 0 Å². The Hall–Kier alpha value is -1.54. The average Bonchev–Trinajstić information content (AvgIpc) is 2.80. The zero-order valence-corrected chi connectivity index (χ0v) is 10.4. The quantitative estimate of drug-likeness (QED) is 0.464. The zero-order valence-electron chi connectivity index (χ0n) is 10.4. The van der Waals surface area contributed by atoms with E-state index in [9.17, 15) is 5.11 Å². The van der Waals surface area contributed by atoms with Crippen molar-refractivity contribution in [1.82, 2.24) is 0 Å². The van der Waals surface area contributed by atoms with Crippen molar-refractivity contribution in [2.45, 2.75) is 50.3 Å². The lowest BCUT2D eigenvalue weighted by atomic mass is 10.0. The molecule has 19 heavy (non-hydrogen) atoms. The highest BCUT2D eigenvalue weighted by Crippen LogP contribution is 2.39. The standard InChI is InChI=1S/C9H14N6O4/c1-9(2)18-7-5(13-15-11)6(17-8(7)19-9)4(16)3-12-14-10/h4-8,16H,3H2,1-2H3/t4-,5+,6-,7-,8-/m1/s1. The van der Waals surface area contributed by atoms with Gasteiger partial charge in [-0.05, 0) is 24.9 Å². The summed E-state index contributed by atoms with van der Waals surface area (Å²) >= 11 is 0. The lowest BCUT2D eigenvalue weighted by Gasteiger charge is -2.25. The SMILES string of the molecule is CC1(C)O[C@H]2O[C@H]([C@H](O)CN=[N+]=[N-])[C@H](N=[N+]=[N-])[C@H]2O1. The van der Waals surface area contributed by atoms with Crippen LogP contribution in [0.2, 0.25) is 0 Å². The van der Waals surface area contributed by atoms with Crippen LogP contribution in [0.5, 0.6) is 0 Å². The van der Waals surface area contributed by atoms with Gasteiger partial charge in [-0.3, -0.25) is 0 Å². The van der Waals surface area contributed by atoms with Gasteiger partial charge < -0.3 is 19.3 Å². The molecular formula is C9H14N6O4. The lowest BCUT2D eigenvalue weighted by Crippen LogP contribution is -2.40. The summed E-state index contributed by atoms with van der Waals surface area (Å²) in [5, 5.41) is 16.7. The monoisotopic (exact) mass is 270 g/mol. The molecule has 2 aliphatic rings. The molecule has 0 aromatic carbocycles. The number of fused-ring (bicyclic) bond motifs is 1. The molecule has 0 radical (unpaired) electrons. The Labute approximate surface area is 108 Å². The predicted octanol–water partition coefficient (Wildman–Crippen LogP) is 1.21. The van der Waals surface area contributed by atoms with E-state index in [0.29, 0.717) is 0 Å². The van der Waals surface area contributed by atoms with E-state index < -0.39 is 36.4 Å². The fourth-order valence-electron chi connectivity index (χ4n) is 2.25. The van der Waals surface area contributed by atoms with Crippen LogP contribution < -0.4 is 0 Å². The molecular weight excluding hydrogens is 256 g/mol. The first-order chi connectivity index (χ1) is 8.98. The van der Waals surface area contributed by atoms with Crippen molar-refractivity contribution in [2.75, 3.05) is 6.54 Å². The second-order valence-electron chi connectivity index (χ2n) is 4.75. The van der Waals surface area contributed by atoms with Gasteiger partial charge in [0.1, 0.15) is 6.10 Å². The van der Waals surface area contributed by atoms with Crippen molar-refractivity contribution in [1.29, 1.82) is 0 Å². The van der Waals surface area contributed by atoms with Crippen LogP contribution in [0.1, 0.15) is 13.8 Å². The Bertz CT molecular complexity index is 444. The third kappa shape index (κ3) is 2.74. The normalized spacial score (nSPS) is 37.0. The van der Waals surface area contributed by atoms with Crippen molar-refractivity contribution < 1.29 is 19.3 Å². The second kappa shape index (κ2) is 5.22. The largest absolute Gasteiger partial charge is 0.390 e. The Morgan fingerprint density at radius 3 is 2.68 bits per heavy atom. The molecule has 2 saturated heterocycles. The van der Waals surface area contributed by atoms with Crippen molar-refractivity contribution >= 4 is 0 Å². The summed E-state index contributed by atoms with van der Waals surface area (Å²) in [6, 6.07) is -0.735. The van der Waals surface area contributed by atoms with Gasteiger partial charge in [-0.1, -0.05) is 10.2 Å². The van der Waals surface area contributed by atoms with Crippen LogP contribution in [0.3, 0.4) is 0 Å². The van der Waals surface area contributed by atoms with Crippen LogP contribution in [0.25, 0.3) is 20.9 Å². The molecule has 1 N–H and O–H groups in total. The Balaban J connectivity index is 2.15. The fraction of sp³-hybridized carbons (Fsp3) is 1.00. The van der Waals surface area contributed by atoms with Gasteiger partial charge in [0.2, 0.25) is 0 Å². The topological polar surface area (TPSA) is 145 Å². The summed E-state index contributed by atoms with van der Waals surface area (Å²) in [4.78, 5) is 5.29. The molecule has 0 saturated carbocycles. The first-order valence-electron chi connectivity index (χ1n) is 5.73. The second-order valence-corrected chi connectivity index (χ2v) is 4.75. The highest BCUT2D eigenvalue weighted by atomic mass is 16.8. The van der Waals surface area contributed by atoms with E-state index in [1.54, 1.807) is 13.8 Å². The minimum Gasteiger partial charge on any atom is -0.390 e. The van der Waals surface area contributed by atoms with E-state index >= 15 is 0 Å². The van der Waals surface area contributed by atoms with Crippen molar-refractivity contribution in [3.05, 3.63) is 20.9 Å². The molecule has 2 rings (SSSR count). The van der Waals surface area contributed by atoms with E-state index in [-0.39, 0.29) is 6.54 Å². The molecule has 10 heteroatoms. The Morgan fingerprint density at radius 2 is 2.05 bits per heavy atom. The number of aliphatic hydroxyl groups is 1. The third-order valence-corrected chi connectivity index (χ3v) is 2.95. The van der Waals surface area contributed by atoms with Crippen LogP contribution in [0.15, 0.2) is 10.2 Å². The third-order valence-electron chi connectivity index (χ3n) is 2.95. The van der Waals surface area contributed by atoms with Crippen molar-refractivity contribution in [2.24, 2.45) is 10.2 Å². The molecule has 104 valence electrons. The molecule has 0 unspecified atom stereocenters. The molecule has 0 aromatic rings. The fourth-order valence-corrected chi connectivity index (χ4v) is 2.25. The molecule has 0 spiro atoms. The van der Waals surface area contributed by atoms with Gasteiger partial charge in [0.25, 0.3) is 0 Å². The van der Waals surface area contributed by atoms with Gasteiger partial charge in [-0.2, -0.15) is 0 Å². The number of ether oxygens (including phenoxy) is 3. The van der Waals surface area contributed by atoms with E-state index in [1.807, 2.05) is 0 Å². The maximum atomic E-state index is 9.88. The first-order valence-corrected chi connectivity index (χ1v) is 5.73. The predicted molar refractivity (Wildman–Crippen MR) is 61.7 cm³/mol. The van der Waals surface area contributed by atoms with Gasteiger partial charge in [0.15, 0.2) is 12.1 Å². The smallest absolute Gasteiger partial charge is 0.188 e. The Morgan fingerprint density at radius 1 is 1.32 bits per heavy atom. The highest BCUT2D eigenvalue weighted by molar-refractivity contribution is 5.00. The van der Waals surface area contributed by atoms with Crippen molar-refractivity contribution in [3.63, 3.8) is 0 Å². The van der Waals surface area contributed by atoms with Crippen LogP contribution in [-0.4, -0.2) is 48.1 Å². The van der Waals surface area contributed by atoms with E-state index in [0.717, 1.165) is 0 Å². The summed E-state index contributed by atoms with van der Waals surface area (Å²) in [6.45, 7) is 3.25. The minimum atomic E-state index is -1.09. The van der Waals surface area contributed by atoms with E-state index in [2.05, 4.69) is 20.1 Å². The summed E-state index contributed by atoms with van der Waals surface area (Å²) in [5.74, 6) is -0.834. The Kier molecular flexibility index (Phi) is 3.81. The lowest BCUT2D eigenvalue weighted by molar-refractivity contribution is -0.215. The summed E-state index contributed by atoms with van der Waals surface area (Å²) < 4.78 is 16.6. The van der Waals surface area contributed by atoms with Gasteiger partial charge in [-0.25, -0.2) is 0 Å². The molecule has 2 fully saturated rings. The molecule has 0 aromatic heterocycles. The van der Waals surface area contributed by atoms with Crippen molar-refractivity contribution in [3.8, 4) is 0 Å². The maximum absolute atomic E-state index is 9.88. The maximum Gasteiger partial charge on any atom is 0.188 e. The zero-order chi connectivity index (χ0) is 14.0. The van der Waals surface area contributed by atoms with Crippen LogP contribution in [0, 0.1) is 0 Å². The number of rotatable bonds is 4. The number of hydrogen-bond donors (Lipinski definition) is 1. The van der Waals surface area contributed by atoms with Gasteiger partial charge in [0.05, 0.1) is 24.8 Å². The van der Waals surface area contributed by atoms with E-state index in [4.69, 9.17) is 25.3 Å². The summed E-state index contributed by atoms with van der Waals surface area (Å²) in [5.41, 5.74) is 16.8. The van der Waals surface area contributed by atoms with Gasteiger partial charge in [-0.15, -0.1) is 0 Å². The minimum absolute atomic E-state index is 0.179. The summed E-state index contributed by atoms with van der Waals surface area (Å²) in [6.07, 6.45) is -3.22. The number of azide groups is 2. The molecule has 2 aliphatic heterocycles. The molecule has 2 heterocycles. The summed E-state index contributed by atoms with van der Waals surface area (Å²) in [7, 11) is 0. The molecule has 0 bridgehead atoms. The van der Waals surface area contributed by atoms with Gasteiger partial charge in [0, 0.05) is 9.82 Å². The van der Waals surface area contributed by atoms with Crippen LogP contribution in [-0.2, 0) is 14.2 Å². The van der Waals surface area contributed by atoms with Crippen LogP contribution in [0.4, 0.5) is 0 Å².